The van der Waals surface area contributed by atoms with Crippen LogP contribution in [0.4, 0.5) is 0 Å². The normalized spacial score (nSPS) is 31.6. The van der Waals surface area contributed by atoms with Crippen LogP contribution in [0.15, 0.2) is 54.6 Å². The number of carboxylic acid groups (broad SMARTS) is 1. The van der Waals surface area contributed by atoms with Crippen molar-refractivity contribution in [2.24, 2.45) is 23.2 Å². The van der Waals surface area contributed by atoms with Gasteiger partial charge in [0.05, 0.1) is 5.56 Å². The van der Waals surface area contributed by atoms with Crippen LogP contribution in [0, 0.1) is 23.2 Å². The van der Waals surface area contributed by atoms with E-state index in [0.717, 1.165) is 44.1 Å². The van der Waals surface area contributed by atoms with Crippen LogP contribution in [0.5, 0.6) is 0 Å². The molecule has 0 amide bonds. The fourth-order valence-electron chi connectivity index (χ4n) is 7.04. The summed E-state index contributed by atoms with van der Waals surface area (Å²) >= 11 is 0. The SMILES string of the molecule is C[C@]12CC[C@@H]3c4ccc(C(=O)O)cc4CC[C@H]3[C@@H]1CC[C@@H]2C(=O)C=Cc1ccccc1. The van der Waals surface area contributed by atoms with Crippen molar-refractivity contribution in [3.63, 3.8) is 0 Å². The number of carbonyl (C=O) groups excluding carboxylic acids is 1. The van der Waals surface area contributed by atoms with E-state index in [1.54, 1.807) is 6.07 Å². The average molecular weight is 415 g/mol. The molecule has 2 fully saturated rings. The number of benzene rings is 2. The molecular weight excluding hydrogens is 384 g/mol. The highest BCUT2D eigenvalue weighted by Crippen LogP contribution is 2.63. The van der Waals surface area contributed by atoms with Crippen molar-refractivity contribution in [3.05, 3.63) is 76.9 Å². The molecule has 2 aromatic rings. The molecule has 0 radical (unpaired) electrons. The zero-order chi connectivity index (χ0) is 21.6. The minimum absolute atomic E-state index is 0.0811. The van der Waals surface area contributed by atoms with Gasteiger partial charge in [0.25, 0.3) is 0 Å². The third-order valence-corrected chi connectivity index (χ3v) is 8.56. The van der Waals surface area contributed by atoms with E-state index in [2.05, 4.69) is 13.0 Å². The number of aromatic carboxylic acids is 1. The Morgan fingerprint density at radius 1 is 1.03 bits per heavy atom. The van der Waals surface area contributed by atoms with Crippen molar-refractivity contribution in [1.29, 1.82) is 0 Å². The molecule has 2 saturated carbocycles. The molecule has 3 aliphatic carbocycles. The Hall–Kier alpha value is -2.68. The molecule has 160 valence electrons. The summed E-state index contributed by atoms with van der Waals surface area (Å²) in [6, 6.07) is 15.8. The fraction of sp³-hybridized carbons (Fsp3) is 0.429. The molecule has 0 aromatic heterocycles. The zero-order valence-corrected chi connectivity index (χ0v) is 18.1. The van der Waals surface area contributed by atoms with Gasteiger partial charge in [0, 0.05) is 5.92 Å². The lowest BCUT2D eigenvalue weighted by atomic mass is 9.54. The summed E-state index contributed by atoms with van der Waals surface area (Å²) in [5, 5.41) is 9.34. The Kier molecular flexibility index (Phi) is 5.08. The first-order chi connectivity index (χ1) is 15.0. The number of ketones is 1. The number of aryl methyl sites for hydroxylation is 1. The van der Waals surface area contributed by atoms with Gasteiger partial charge in [-0.05, 0) is 96.6 Å². The lowest BCUT2D eigenvalue weighted by molar-refractivity contribution is -0.123. The van der Waals surface area contributed by atoms with Crippen LogP contribution in [0.3, 0.4) is 0 Å². The van der Waals surface area contributed by atoms with Crippen molar-refractivity contribution in [2.75, 3.05) is 0 Å². The summed E-state index contributed by atoms with van der Waals surface area (Å²) in [6.07, 6.45) is 10.1. The summed E-state index contributed by atoms with van der Waals surface area (Å²) in [7, 11) is 0. The third kappa shape index (κ3) is 3.44. The van der Waals surface area contributed by atoms with Crippen LogP contribution in [-0.4, -0.2) is 16.9 Å². The minimum Gasteiger partial charge on any atom is -0.478 e. The van der Waals surface area contributed by atoms with E-state index < -0.39 is 5.97 Å². The van der Waals surface area contributed by atoms with Gasteiger partial charge in [-0.1, -0.05) is 49.4 Å². The third-order valence-electron chi connectivity index (χ3n) is 8.56. The van der Waals surface area contributed by atoms with Gasteiger partial charge >= 0.3 is 5.97 Å². The van der Waals surface area contributed by atoms with Gasteiger partial charge < -0.3 is 5.11 Å². The molecule has 0 bridgehead atoms. The quantitative estimate of drug-likeness (QED) is 0.612. The minimum atomic E-state index is -0.846. The first kappa shape index (κ1) is 20.2. The molecule has 1 N–H and O–H groups in total. The predicted octanol–water partition coefficient (Wildman–Crippen LogP) is 6.14. The lowest BCUT2D eigenvalue weighted by Gasteiger charge is -2.50. The number of allylic oxidation sites excluding steroid dienone is 1. The topological polar surface area (TPSA) is 54.4 Å². The maximum atomic E-state index is 13.2. The summed E-state index contributed by atoms with van der Waals surface area (Å²) in [6.45, 7) is 2.36. The van der Waals surface area contributed by atoms with Crippen molar-refractivity contribution >= 4 is 17.8 Å². The van der Waals surface area contributed by atoms with E-state index >= 15 is 0 Å². The van der Waals surface area contributed by atoms with Crippen molar-refractivity contribution in [1.82, 2.24) is 0 Å². The Labute approximate surface area is 184 Å². The molecule has 5 atom stereocenters. The highest BCUT2D eigenvalue weighted by molar-refractivity contribution is 5.96. The molecule has 3 aliphatic rings. The monoisotopic (exact) mass is 414 g/mol. The second kappa shape index (κ2) is 7.78. The summed E-state index contributed by atoms with van der Waals surface area (Å²) in [4.78, 5) is 24.6. The fourth-order valence-corrected chi connectivity index (χ4v) is 7.04. The molecule has 0 spiro atoms. The molecule has 0 saturated heterocycles. The molecule has 5 rings (SSSR count). The highest BCUT2D eigenvalue weighted by Gasteiger charge is 2.56. The maximum absolute atomic E-state index is 13.2. The van der Waals surface area contributed by atoms with Gasteiger partial charge in [-0.2, -0.15) is 0 Å². The smallest absolute Gasteiger partial charge is 0.335 e. The van der Waals surface area contributed by atoms with Crippen LogP contribution >= 0.6 is 0 Å². The molecule has 3 nitrogen and oxygen atoms in total. The van der Waals surface area contributed by atoms with Crippen LogP contribution in [0.1, 0.15) is 72.0 Å². The maximum Gasteiger partial charge on any atom is 0.335 e. The van der Waals surface area contributed by atoms with E-state index in [1.807, 2.05) is 48.6 Å². The summed E-state index contributed by atoms with van der Waals surface area (Å²) < 4.78 is 0. The van der Waals surface area contributed by atoms with Gasteiger partial charge in [-0.3, -0.25) is 4.79 Å². The zero-order valence-electron chi connectivity index (χ0n) is 18.1. The van der Waals surface area contributed by atoms with Crippen molar-refractivity contribution < 1.29 is 14.7 Å². The standard InChI is InChI=1S/C28H30O3/c1-28-16-15-22-21-10-9-20(27(30)31)17-19(21)8-11-23(22)24(28)12-13-25(28)26(29)14-7-18-5-3-2-4-6-18/h2-7,9-10,14,17,22-25H,8,11-13,15-16H2,1H3,(H,30,31)/t22-,23-,24+,25-,28+/m1/s1. The predicted molar refractivity (Wildman–Crippen MR) is 122 cm³/mol. The summed E-state index contributed by atoms with van der Waals surface area (Å²) in [5.41, 5.74) is 4.14. The molecule has 2 aromatic carbocycles. The van der Waals surface area contributed by atoms with E-state index in [1.165, 1.54) is 11.1 Å². The molecule has 3 heteroatoms. The van der Waals surface area contributed by atoms with Crippen LogP contribution in [-0.2, 0) is 11.2 Å². The number of fused-ring (bicyclic) bond motifs is 5. The van der Waals surface area contributed by atoms with E-state index in [0.29, 0.717) is 23.3 Å². The van der Waals surface area contributed by atoms with Crippen molar-refractivity contribution in [3.8, 4) is 0 Å². The first-order valence-electron chi connectivity index (χ1n) is 11.6. The first-order valence-corrected chi connectivity index (χ1v) is 11.6. The molecule has 0 aliphatic heterocycles. The van der Waals surface area contributed by atoms with E-state index in [4.69, 9.17) is 0 Å². The van der Waals surface area contributed by atoms with Crippen molar-refractivity contribution in [2.45, 2.75) is 51.4 Å². The van der Waals surface area contributed by atoms with Gasteiger partial charge in [-0.25, -0.2) is 4.79 Å². The Bertz CT molecular complexity index is 1040. The van der Waals surface area contributed by atoms with E-state index in [-0.39, 0.29) is 17.1 Å². The Morgan fingerprint density at radius 2 is 1.84 bits per heavy atom. The second-order valence-electron chi connectivity index (χ2n) is 9.96. The summed E-state index contributed by atoms with van der Waals surface area (Å²) in [5.74, 6) is 1.26. The van der Waals surface area contributed by atoms with Crippen LogP contribution < -0.4 is 0 Å². The average Bonchev–Trinajstić information content (AvgIpc) is 3.15. The van der Waals surface area contributed by atoms with Gasteiger partial charge in [0.1, 0.15) is 0 Å². The highest BCUT2D eigenvalue weighted by atomic mass is 16.4. The van der Waals surface area contributed by atoms with Crippen LogP contribution in [0.25, 0.3) is 6.08 Å². The van der Waals surface area contributed by atoms with Gasteiger partial charge in [0.2, 0.25) is 0 Å². The molecule has 31 heavy (non-hydrogen) atoms. The van der Waals surface area contributed by atoms with Crippen LogP contribution in [0.2, 0.25) is 0 Å². The lowest BCUT2D eigenvalue weighted by Crippen LogP contribution is -2.43. The number of rotatable bonds is 4. The second-order valence-corrected chi connectivity index (χ2v) is 9.96. The largest absolute Gasteiger partial charge is 0.478 e. The number of hydrogen-bond acceptors (Lipinski definition) is 2. The van der Waals surface area contributed by atoms with Gasteiger partial charge in [-0.15, -0.1) is 0 Å². The Balaban J connectivity index is 1.36. The van der Waals surface area contributed by atoms with Gasteiger partial charge in [0.15, 0.2) is 5.78 Å². The Morgan fingerprint density at radius 3 is 2.61 bits per heavy atom. The number of carbonyl (C=O) groups is 2. The molecular formula is C28H30O3. The number of hydrogen-bond donors (Lipinski definition) is 1. The molecule has 0 unspecified atom stereocenters. The van der Waals surface area contributed by atoms with E-state index in [9.17, 15) is 14.7 Å². The molecule has 0 heterocycles. The number of carboxylic acids is 1.